The molecule has 0 spiro atoms. The lowest BCUT2D eigenvalue weighted by Crippen LogP contribution is -2.49. The van der Waals surface area contributed by atoms with Gasteiger partial charge in [-0.2, -0.15) is 0 Å². The minimum atomic E-state index is 0.223. The van der Waals surface area contributed by atoms with Crippen LogP contribution >= 0.6 is 23.1 Å². The van der Waals surface area contributed by atoms with Gasteiger partial charge in [0.2, 0.25) is 5.91 Å². The van der Waals surface area contributed by atoms with E-state index >= 15 is 0 Å². The quantitative estimate of drug-likeness (QED) is 0.585. The van der Waals surface area contributed by atoms with Gasteiger partial charge in [0.1, 0.15) is 0 Å². The van der Waals surface area contributed by atoms with Crippen LogP contribution < -0.4 is 4.90 Å². The lowest BCUT2D eigenvalue weighted by atomic mass is 10.1. The zero-order valence-electron chi connectivity index (χ0n) is 16.6. The van der Waals surface area contributed by atoms with Crippen molar-refractivity contribution in [3.8, 4) is 0 Å². The highest BCUT2D eigenvalue weighted by Gasteiger charge is 2.23. The molecule has 0 atom stereocenters. The Balaban J connectivity index is 1.34. The summed E-state index contributed by atoms with van der Waals surface area (Å²) in [4.78, 5) is 22.9. The van der Waals surface area contributed by atoms with E-state index in [1.165, 1.54) is 21.4 Å². The molecule has 1 saturated heterocycles. The van der Waals surface area contributed by atoms with Crippen LogP contribution in [0, 0.1) is 20.8 Å². The fourth-order valence-electron chi connectivity index (χ4n) is 3.51. The molecule has 4 rings (SSSR count). The smallest absolute Gasteiger partial charge is 0.233 e. The summed E-state index contributed by atoms with van der Waals surface area (Å²) in [5, 5.41) is 1.07. The fraction of sp³-hybridized carbons (Fsp3) is 0.364. The second-order valence-electron chi connectivity index (χ2n) is 7.39. The second-order valence-corrected chi connectivity index (χ2v) is 9.45. The van der Waals surface area contributed by atoms with Gasteiger partial charge in [-0.15, -0.1) is 11.8 Å². The molecule has 146 valence electrons. The van der Waals surface area contributed by atoms with Gasteiger partial charge in [0.15, 0.2) is 5.13 Å². The monoisotopic (exact) mass is 411 g/mol. The number of amides is 1. The highest BCUT2D eigenvalue weighted by molar-refractivity contribution is 8.00. The molecular weight excluding hydrogens is 386 g/mol. The third-order valence-corrected chi connectivity index (χ3v) is 7.16. The van der Waals surface area contributed by atoms with Crippen LogP contribution in [-0.2, 0) is 4.79 Å². The van der Waals surface area contributed by atoms with Crippen molar-refractivity contribution >= 4 is 44.4 Å². The van der Waals surface area contributed by atoms with Crippen LogP contribution in [0.15, 0.2) is 41.3 Å². The van der Waals surface area contributed by atoms with Crippen molar-refractivity contribution in [3.63, 3.8) is 0 Å². The molecule has 2 heterocycles. The predicted molar refractivity (Wildman–Crippen MR) is 120 cm³/mol. The molecular formula is C22H25N3OS2. The van der Waals surface area contributed by atoms with Gasteiger partial charge in [0.05, 0.1) is 16.0 Å². The second kappa shape index (κ2) is 8.13. The number of carbonyl (C=O) groups excluding carboxylic acids is 1. The number of piperazine rings is 1. The van der Waals surface area contributed by atoms with Gasteiger partial charge < -0.3 is 9.80 Å². The molecule has 0 radical (unpaired) electrons. The Kier molecular flexibility index (Phi) is 5.60. The maximum absolute atomic E-state index is 12.6. The lowest BCUT2D eigenvalue weighted by molar-refractivity contribution is -0.128. The van der Waals surface area contributed by atoms with E-state index in [0.29, 0.717) is 5.75 Å². The van der Waals surface area contributed by atoms with Crippen LogP contribution in [-0.4, -0.2) is 47.7 Å². The SMILES string of the molecule is Cc1ccc(SCC(=O)N2CCN(c3nc4c(C)cc(C)cc4s3)CC2)cc1. The maximum atomic E-state index is 12.6. The van der Waals surface area contributed by atoms with Gasteiger partial charge in [0.25, 0.3) is 0 Å². The first-order valence-electron chi connectivity index (χ1n) is 9.59. The van der Waals surface area contributed by atoms with Crippen LogP contribution in [0.25, 0.3) is 10.2 Å². The number of nitrogens with zero attached hydrogens (tertiary/aromatic N) is 3. The summed E-state index contributed by atoms with van der Waals surface area (Å²) in [6.45, 7) is 9.55. The van der Waals surface area contributed by atoms with Crippen molar-refractivity contribution in [2.45, 2.75) is 25.7 Å². The van der Waals surface area contributed by atoms with E-state index in [0.717, 1.165) is 41.7 Å². The Labute approximate surface area is 174 Å². The Morgan fingerprint density at radius 1 is 1.04 bits per heavy atom. The molecule has 3 aromatic rings. The molecule has 1 aromatic heterocycles. The maximum Gasteiger partial charge on any atom is 0.233 e. The molecule has 28 heavy (non-hydrogen) atoms. The predicted octanol–water partition coefficient (Wildman–Crippen LogP) is 4.66. The van der Waals surface area contributed by atoms with Crippen molar-refractivity contribution in [1.29, 1.82) is 0 Å². The van der Waals surface area contributed by atoms with E-state index in [-0.39, 0.29) is 5.91 Å². The number of hydrogen-bond acceptors (Lipinski definition) is 5. The third kappa shape index (κ3) is 4.18. The van der Waals surface area contributed by atoms with E-state index in [1.807, 2.05) is 4.90 Å². The summed E-state index contributed by atoms with van der Waals surface area (Å²) in [6, 6.07) is 12.8. The Morgan fingerprint density at radius 2 is 1.75 bits per heavy atom. The summed E-state index contributed by atoms with van der Waals surface area (Å²) in [5.74, 6) is 0.726. The minimum absolute atomic E-state index is 0.223. The van der Waals surface area contributed by atoms with Crippen LogP contribution in [0.4, 0.5) is 5.13 Å². The molecule has 1 aliphatic rings. The Hall–Kier alpha value is -2.05. The van der Waals surface area contributed by atoms with Crippen molar-refractivity contribution in [1.82, 2.24) is 9.88 Å². The standard InChI is InChI=1S/C22H25N3OS2/c1-15-4-6-18(7-5-15)27-14-20(26)24-8-10-25(11-9-24)22-23-21-17(3)12-16(2)13-19(21)28-22/h4-7,12-13H,8-11,14H2,1-3H3. The van der Waals surface area contributed by atoms with Crippen LogP contribution in [0.2, 0.25) is 0 Å². The summed E-state index contributed by atoms with van der Waals surface area (Å²) in [5.41, 5.74) is 4.87. The number of rotatable bonds is 4. The lowest BCUT2D eigenvalue weighted by Gasteiger charge is -2.34. The van der Waals surface area contributed by atoms with Gasteiger partial charge in [-0.05, 0) is 50.1 Å². The van der Waals surface area contributed by atoms with Crippen molar-refractivity contribution in [2.75, 3.05) is 36.8 Å². The molecule has 1 fully saturated rings. The number of benzene rings is 2. The van der Waals surface area contributed by atoms with Crippen molar-refractivity contribution in [2.24, 2.45) is 0 Å². The first kappa shape index (κ1) is 19.3. The molecule has 4 nitrogen and oxygen atoms in total. The number of aryl methyl sites for hydroxylation is 3. The highest BCUT2D eigenvalue weighted by Crippen LogP contribution is 2.32. The van der Waals surface area contributed by atoms with Crippen LogP contribution in [0.5, 0.6) is 0 Å². The van der Waals surface area contributed by atoms with Crippen LogP contribution in [0.3, 0.4) is 0 Å². The normalized spacial score (nSPS) is 14.7. The number of thiazole rings is 1. The number of anilines is 1. The molecule has 6 heteroatoms. The summed E-state index contributed by atoms with van der Waals surface area (Å²) < 4.78 is 1.25. The highest BCUT2D eigenvalue weighted by atomic mass is 32.2. The number of fused-ring (bicyclic) bond motifs is 1. The third-order valence-electron chi connectivity index (χ3n) is 5.10. The topological polar surface area (TPSA) is 36.4 Å². The zero-order chi connectivity index (χ0) is 19.7. The number of hydrogen-bond donors (Lipinski definition) is 0. The largest absolute Gasteiger partial charge is 0.345 e. The van der Waals surface area contributed by atoms with Gasteiger partial charge in [0, 0.05) is 31.1 Å². The van der Waals surface area contributed by atoms with E-state index < -0.39 is 0 Å². The molecule has 0 saturated carbocycles. The summed E-state index contributed by atoms with van der Waals surface area (Å²) >= 11 is 3.38. The van der Waals surface area contributed by atoms with E-state index in [2.05, 4.69) is 62.1 Å². The number of thioether (sulfide) groups is 1. The molecule has 0 N–H and O–H groups in total. The molecule has 0 unspecified atom stereocenters. The van der Waals surface area contributed by atoms with E-state index in [1.54, 1.807) is 23.1 Å². The first-order valence-corrected chi connectivity index (χ1v) is 11.4. The number of carbonyl (C=O) groups is 1. The summed E-state index contributed by atoms with van der Waals surface area (Å²) in [6.07, 6.45) is 0. The van der Waals surface area contributed by atoms with Crippen LogP contribution in [0.1, 0.15) is 16.7 Å². The molecule has 2 aromatic carbocycles. The average molecular weight is 412 g/mol. The van der Waals surface area contributed by atoms with Gasteiger partial charge in [-0.3, -0.25) is 4.79 Å². The average Bonchev–Trinajstić information content (AvgIpc) is 3.12. The number of aromatic nitrogens is 1. The molecule has 0 aliphatic carbocycles. The first-order chi connectivity index (χ1) is 13.5. The van der Waals surface area contributed by atoms with E-state index in [9.17, 15) is 4.79 Å². The zero-order valence-corrected chi connectivity index (χ0v) is 18.2. The van der Waals surface area contributed by atoms with Gasteiger partial charge >= 0.3 is 0 Å². The molecule has 1 aliphatic heterocycles. The minimum Gasteiger partial charge on any atom is -0.345 e. The fourth-order valence-corrected chi connectivity index (χ4v) is 5.51. The van der Waals surface area contributed by atoms with Gasteiger partial charge in [-0.1, -0.05) is 35.1 Å². The summed E-state index contributed by atoms with van der Waals surface area (Å²) in [7, 11) is 0. The van der Waals surface area contributed by atoms with Crippen molar-refractivity contribution in [3.05, 3.63) is 53.1 Å². The van der Waals surface area contributed by atoms with Crippen molar-refractivity contribution < 1.29 is 4.79 Å². The Bertz CT molecular complexity index is 989. The molecule has 1 amide bonds. The van der Waals surface area contributed by atoms with Gasteiger partial charge in [-0.25, -0.2) is 4.98 Å². The Morgan fingerprint density at radius 3 is 2.46 bits per heavy atom. The molecule has 0 bridgehead atoms. The van der Waals surface area contributed by atoms with E-state index in [4.69, 9.17) is 4.98 Å².